The Hall–Kier alpha value is -3.09. The lowest BCUT2D eigenvalue weighted by Gasteiger charge is -2.73. The minimum atomic E-state index is -0.484. The van der Waals surface area contributed by atoms with Crippen molar-refractivity contribution < 1.29 is 14.0 Å². The van der Waals surface area contributed by atoms with Crippen LogP contribution in [0.25, 0.3) is 0 Å². The zero-order valence-electron chi connectivity index (χ0n) is 15.6. The molecule has 2 fully saturated rings. The first kappa shape index (κ1) is 16.8. The third-order valence-electron chi connectivity index (χ3n) is 7.50. The summed E-state index contributed by atoms with van der Waals surface area (Å²) in [6, 6.07) is 4.18. The van der Waals surface area contributed by atoms with E-state index in [1.165, 1.54) is 12.3 Å². The van der Waals surface area contributed by atoms with Gasteiger partial charge in [0.05, 0.1) is 11.1 Å². The Morgan fingerprint density at radius 2 is 2.21 bits per heavy atom. The van der Waals surface area contributed by atoms with Gasteiger partial charge in [0.15, 0.2) is 0 Å². The lowest BCUT2D eigenvalue weighted by atomic mass is 9.37. The predicted molar refractivity (Wildman–Crippen MR) is 101 cm³/mol. The van der Waals surface area contributed by atoms with E-state index in [4.69, 9.17) is 0 Å². The Morgan fingerprint density at radius 1 is 1.31 bits per heavy atom. The van der Waals surface area contributed by atoms with Crippen molar-refractivity contribution in [2.75, 3.05) is 0 Å². The van der Waals surface area contributed by atoms with Gasteiger partial charge in [-0.25, -0.2) is 4.39 Å². The van der Waals surface area contributed by atoms with Crippen LogP contribution in [0.15, 0.2) is 48.9 Å². The Bertz CT molecular complexity index is 1100. The number of fused-ring (bicyclic) bond motifs is 1. The number of hydrogen-bond acceptors (Lipinski definition) is 4. The third kappa shape index (κ3) is 1.95. The summed E-state index contributed by atoms with van der Waals surface area (Å²) in [5.74, 6) is -0.383. The highest BCUT2D eigenvalue weighted by molar-refractivity contribution is 5.99. The molecule has 6 nitrogen and oxygen atoms in total. The highest BCUT2D eigenvalue weighted by Crippen LogP contribution is 2.73. The minimum Gasteiger partial charge on any atom is -0.347 e. The number of carbonyl (C=O) groups excluding carboxylic acids is 2. The van der Waals surface area contributed by atoms with Crippen LogP contribution in [0.4, 0.5) is 4.39 Å². The quantitative estimate of drug-likeness (QED) is 0.817. The van der Waals surface area contributed by atoms with E-state index < -0.39 is 5.82 Å². The smallest absolute Gasteiger partial charge is 0.270 e. The molecular weight excluding hydrogens is 371 g/mol. The molecule has 0 saturated heterocycles. The maximum absolute atomic E-state index is 13.5. The number of pyridine rings is 2. The van der Waals surface area contributed by atoms with Crippen LogP contribution in [-0.4, -0.2) is 38.3 Å². The number of rotatable bonds is 3. The van der Waals surface area contributed by atoms with Crippen LogP contribution >= 0.6 is 0 Å². The van der Waals surface area contributed by atoms with Gasteiger partial charge in [-0.1, -0.05) is 12.2 Å². The van der Waals surface area contributed by atoms with Crippen molar-refractivity contribution in [1.82, 2.24) is 20.2 Å². The number of halogens is 1. The molecule has 4 atom stereocenters. The van der Waals surface area contributed by atoms with Crippen LogP contribution in [-0.2, 0) is 6.54 Å². The fourth-order valence-electron chi connectivity index (χ4n) is 6.21. The number of nitrogens with zero attached hydrogens (tertiary/aromatic N) is 3. The van der Waals surface area contributed by atoms with Gasteiger partial charge in [-0.05, 0) is 42.9 Å². The van der Waals surface area contributed by atoms with Crippen LogP contribution in [0.3, 0.4) is 0 Å². The molecule has 29 heavy (non-hydrogen) atoms. The number of nitrogens with one attached hydrogen (secondary N) is 1. The summed E-state index contributed by atoms with van der Waals surface area (Å²) in [5, 5.41) is 3.07. The molecule has 6 rings (SSSR count). The number of amides is 2. The molecule has 7 heteroatoms. The molecule has 0 radical (unpaired) electrons. The second-order valence-electron chi connectivity index (χ2n) is 8.52. The summed E-state index contributed by atoms with van der Waals surface area (Å²) < 4.78 is 13.5. The van der Waals surface area contributed by atoms with Gasteiger partial charge in [0.25, 0.3) is 11.8 Å². The molecule has 1 aliphatic heterocycles. The maximum Gasteiger partial charge on any atom is 0.270 e. The Balaban J connectivity index is 1.29. The molecule has 4 unspecified atom stereocenters. The van der Waals surface area contributed by atoms with E-state index in [2.05, 4.69) is 27.4 Å². The summed E-state index contributed by atoms with van der Waals surface area (Å²) in [5.41, 5.74) is 1.21. The molecule has 2 amide bonds. The first-order chi connectivity index (χ1) is 14.0. The molecule has 0 bridgehead atoms. The van der Waals surface area contributed by atoms with Gasteiger partial charge >= 0.3 is 0 Å². The fourth-order valence-corrected chi connectivity index (χ4v) is 6.21. The van der Waals surface area contributed by atoms with E-state index in [0.717, 1.165) is 30.9 Å². The Kier molecular flexibility index (Phi) is 3.19. The molecule has 4 aliphatic rings. The molecule has 3 heterocycles. The monoisotopic (exact) mass is 390 g/mol. The van der Waals surface area contributed by atoms with Crippen molar-refractivity contribution in [3.63, 3.8) is 0 Å². The highest BCUT2D eigenvalue weighted by Gasteiger charge is 2.77. The molecule has 3 aliphatic carbocycles. The van der Waals surface area contributed by atoms with Gasteiger partial charge in [0.1, 0.15) is 11.5 Å². The molecule has 2 aromatic heterocycles. The largest absolute Gasteiger partial charge is 0.347 e. The Morgan fingerprint density at radius 3 is 3.00 bits per heavy atom. The fraction of sp³-hybridized carbons (Fsp3) is 0.364. The maximum atomic E-state index is 13.5. The SMILES string of the molecule is O=C(NC1CC2CC3(N4Cc5ccncc5C4=O)CC=CC213)c1cc(F)ccn1. The molecule has 0 aromatic carbocycles. The molecular formula is C22H19FN4O2. The first-order valence-corrected chi connectivity index (χ1v) is 9.90. The van der Waals surface area contributed by atoms with Crippen molar-refractivity contribution in [3.8, 4) is 0 Å². The van der Waals surface area contributed by atoms with Gasteiger partial charge in [-0.3, -0.25) is 19.6 Å². The summed E-state index contributed by atoms with van der Waals surface area (Å²) >= 11 is 0. The van der Waals surface area contributed by atoms with Gasteiger partial charge < -0.3 is 10.2 Å². The van der Waals surface area contributed by atoms with E-state index >= 15 is 0 Å². The van der Waals surface area contributed by atoms with Crippen molar-refractivity contribution in [2.45, 2.75) is 37.4 Å². The van der Waals surface area contributed by atoms with E-state index in [1.807, 2.05) is 11.0 Å². The molecule has 1 N–H and O–H groups in total. The van der Waals surface area contributed by atoms with E-state index in [1.54, 1.807) is 12.4 Å². The van der Waals surface area contributed by atoms with Crippen LogP contribution in [0.1, 0.15) is 45.7 Å². The average Bonchev–Trinajstić information content (AvgIpc) is 3.25. The summed E-state index contributed by atoms with van der Waals surface area (Å²) in [6.07, 6.45) is 11.6. The van der Waals surface area contributed by atoms with Crippen LogP contribution < -0.4 is 5.32 Å². The number of aromatic nitrogens is 2. The van der Waals surface area contributed by atoms with E-state index in [9.17, 15) is 14.0 Å². The zero-order valence-corrected chi connectivity index (χ0v) is 15.6. The number of hydrogen-bond donors (Lipinski definition) is 1. The van der Waals surface area contributed by atoms with Crippen molar-refractivity contribution >= 4 is 11.8 Å². The Labute approximate surface area is 166 Å². The van der Waals surface area contributed by atoms with Gasteiger partial charge in [-0.2, -0.15) is 0 Å². The normalized spacial score (nSPS) is 33.4. The highest BCUT2D eigenvalue weighted by atomic mass is 19.1. The second kappa shape index (κ2) is 5.49. The van der Waals surface area contributed by atoms with E-state index in [-0.39, 0.29) is 34.5 Å². The molecule has 1 spiro atoms. The van der Waals surface area contributed by atoms with Gasteiger partial charge in [0.2, 0.25) is 0 Å². The van der Waals surface area contributed by atoms with Gasteiger partial charge in [0, 0.05) is 42.7 Å². The number of carbonyl (C=O) groups is 2. The lowest BCUT2D eigenvalue weighted by molar-refractivity contribution is -0.196. The van der Waals surface area contributed by atoms with Gasteiger partial charge in [-0.15, -0.1) is 0 Å². The summed E-state index contributed by atoms with van der Waals surface area (Å²) in [7, 11) is 0. The van der Waals surface area contributed by atoms with Crippen LogP contribution in [0.5, 0.6) is 0 Å². The summed E-state index contributed by atoms with van der Waals surface area (Å²) in [4.78, 5) is 35.9. The second-order valence-corrected chi connectivity index (χ2v) is 8.52. The standard InChI is InChI=1S/C22H19FN4O2/c23-15-3-7-25-17(9-15)19(28)26-18-8-14-10-21(4-1-5-22(14,18)21)27-12-13-2-6-24-11-16(13)20(27)29/h1-3,5-7,9,11,14,18H,4,8,10,12H2,(H,26,28). The summed E-state index contributed by atoms with van der Waals surface area (Å²) in [6.45, 7) is 0.582. The minimum absolute atomic E-state index is 0.0263. The molecule has 2 saturated carbocycles. The van der Waals surface area contributed by atoms with E-state index in [0.29, 0.717) is 18.0 Å². The first-order valence-electron chi connectivity index (χ1n) is 9.90. The van der Waals surface area contributed by atoms with Crippen molar-refractivity contribution in [3.05, 3.63) is 71.6 Å². The average molecular weight is 390 g/mol. The third-order valence-corrected chi connectivity index (χ3v) is 7.50. The lowest BCUT2D eigenvalue weighted by Crippen LogP contribution is -2.81. The van der Waals surface area contributed by atoms with Crippen LogP contribution in [0.2, 0.25) is 0 Å². The van der Waals surface area contributed by atoms with Crippen molar-refractivity contribution in [2.24, 2.45) is 11.3 Å². The molecule has 146 valence electrons. The van der Waals surface area contributed by atoms with Crippen LogP contribution in [0, 0.1) is 17.2 Å². The topological polar surface area (TPSA) is 75.2 Å². The van der Waals surface area contributed by atoms with Crippen molar-refractivity contribution in [1.29, 1.82) is 0 Å². The predicted octanol–water partition coefficient (Wildman–Crippen LogP) is 2.48. The zero-order chi connectivity index (χ0) is 19.8. The molecule has 2 aromatic rings.